The van der Waals surface area contributed by atoms with Crippen molar-refractivity contribution in [1.82, 2.24) is 0 Å². The van der Waals surface area contributed by atoms with Gasteiger partial charge in [-0.2, -0.15) is 5.26 Å². The van der Waals surface area contributed by atoms with Gasteiger partial charge in [-0.15, -0.1) is 11.6 Å². The lowest BCUT2D eigenvalue weighted by Crippen LogP contribution is -2.12. The number of aliphatic hydroxyl groups is 1. The zero-order valence-electron chi connectivity index (χ0n) is 8.21. The van der Waals surface area contributed by atoms with Crippen molar-refractivity contribution in [3.05, 3.63) is 39.9 Å². The smallest absolute Gasteiger partial charge is 0.269 e. The third kappa shape index (κ3) is 2.69. The highest BCUT2D eigenvalue weighted by atomic mass is 35.5. The molecule has 0 saturated heterocycles. The van der Waals surface area contributed by atoms with Gasteiger partial charge in [0, 0.05) is 18.0 Å². The number of benzene rings is 1. The average molecular weight is 241 g/mol. The van der Waals surface area contributed by atoms with Crippen molar-refractivity contribution in [2.24, 2.45) is 5.92 Å². The molecule has 0 spiro atoms. The van der Waals surface area contributed by atoms with Gasteiger partial charge in [0.2, 0.25) is 0 Å². The number of hydrogen-bond donors (Lipinski definition) is 1. The molecule has 1 rings (SSSR count). The highest BCUT2D eigenvalue weighted by molar-refractivity contribution is 6.18. The zero-order chi connectivity index (χ0) is 12.1. The van der Waals surface area contributed by atoms with Gasteiger partial charge in [0.15, 0.2) is 0 Å². The van der Waals surface area contributed by atoms with E-state index in [4.69, 9.17) is 16.9 Å². The predicted octanol–water partition coefficient (Wildman–Crippen LogP) is 2.01. The van der Waals surface area contributed by atoms with Crippen molar-refractivity contribution < 1.29 is 10.0 Å². The van der Waals surface area contributed by atoms with Gasteiger partial charge in [-0.1, -0.05) is 0 Å². The molecule has 0 amide bonds. The van der Waals surface area contributed by atoms with Crippen LogP contribution in [0.5, 0.6) is 0 Å². The number of rotatable bonds is 4. The highest BCUT2D eigenvalue weighted by Crippen LogP contribution is 2.24. The summed E-state index contributed by atoms with van der Waals surface area (Å²) >= 11 is 5.50. The highest BCUT2D eigenvalue weighted by Gasteiger charge is 2.20. The Hall–Kier alpha value is -1.64. The van der Waals surface area contributed by atoms with Crippen molar-refractivity contribution in [3.63, 3.8) is 0 Å². The minimum absolute atomic E-state index is 0.00859. The molecule has 0 aliphatic rings. The maximum Gasteiger partial charge on any atom is 0.269 e. The molecular formula is C10H9ClN2O3. The van der Waals surface area contributed by atoms with Crippen LogP contribution in [-0.2, 0) is 0 Å². The number of nitro benzene ring substituents is 1. The Morgan fingerprint density at radius 3 is 2.44 bits per heavy atom. The van der Waals surface area contributed by atoms with E-state index in [1.165, 1.54) is 24.3 Å². The molecule has 16 heavy (non-hydrogen) atoms. The standard InChI is InChI=1S/C10H9ClN2O3/c11-5-8(6-12)10(14)7-1-3-9(4-2-7)13(15)16/h1-4,8,10,14H,5H2/t8-,10-/m1/s1. The average Bonchev–Trinajstić information content (AvgIpc) is 2.30. The maximum atomic E-state index is 10.4. The topological polar surface area (TPSA) is 87.2 Å². The van der Waals surface area contributed by atoms with E-state index in [0.29, 0.717) is 5.56 Å². The van der Waals surface area contributed by atoms with Crippen molar-refractivity contribution in [1.29, 1.82) is 5.26 Å². The van der Waals surface area contributed by atoms with E-state index in [9.17, 15) is 15.2 Å². The first-order valence-electron chi connectivity index (χ1n) is 4.48. The molecule has 0 radical (unpaired) electrons. The van der Waals surface area contributed by atoms with Gasteiger partial charge in [-0.3, -0.25) is 10.1 Å². The van der Waals surface area contributed by atoms with Crippen molar-refractivity contribution in [2.75, 3.05) is 5.88 Å². The van der Waals surface area contributed by atoms with Gasteiger partial charge in [0.05, 0.1) is 23.0 Å². The van der Waals surface area contributed by atoms with E-state index < -0.39 is 16.9 Å². The Morgan fingerprint density at radius 1 is 1.50 bits per heavy atom. The molecule has 6 heteroatoms. The molecule has 0 heterocycles. The van der Waals surface area contributed by atoms with Crippen molar-refractivity contribution >= 4 is 17.3 Å². The van der Waals surface area contributed by atoms with Crippen molar-refractivity contribution in [3.8, 4) is 6.07 Å². The van der Waals surface area contributed by atoms with Gasteiger partial charge in [0.25, 0.3) is 5.69 Å². The number of nitrogens with zero attached hydrogens (tertiary/aromatic N) is 2. The van der Waals surface area contributed by atoms with E-state index in [0.717, 1.165) is 0 Å². The Morgan fingerprint density at radius 2 is 2.06 bits per heavy atom. The summed E-state index contributed by atoms with van der Waals surface area (Å²) in [4.78, 5) is 9.87. The molecular weight excluding hydrogens is 232 g/mol. The molecule has 1 aromatic rings. The van der Waals surface area contributed by atoms with Gasteiger partial charge < -0.3 is 5.11 Å². The molecule has 0 fully saturated rings. The third-order valence-corrected chi connectivity index (χ3v) is 2.49. The van der Waals surface area contributed by atoms with Crippen LogP contribution in [-0.4, -0.2) is 15.9 Å². The van der Waals surface area contributed by atoms with Crippen LogP contribution in [0, 0.1) is 27.4 Å². The minimum Gasteiger partial charge on any atom is -0.387 e. The second-order valence-corrected chi connectivity index (χ2v) is 3.49. The summed E-state index contributed by atoms with van der Waals surface area (Å²) in [7, 11) is 0. The molecule has 0 aliphatic heterocycles. The molecule has 0 saturated carbocycles. The lowest BCUT2D eigenvalue weighted by molar-refractivity contribution is -0.384. The number of aliphatic hydroxyl groups excluding tert-OH is 1. The molecule has 1 aromatic carbocycles. The van der Waals surface area contributed by atoms with Crippen LogP contribution in [0.3, 0.4) is 0 Å². The summed E-state index contributed by atoms with van der Waals surface area (Å²) in [5, 5.41) is 28.8. The molecule has 1 N–H and O–H groups in total. The number of non-ortho nitro benzene ring substituents is 1. The largest absolute Gasteiger partial charge is 0.387 e. The summed E-state index contributed by atoms with van der Waals surface area (Å²) in [5.41, 5.74) is 0.383. The van der Waals surface area contributed by atoms with Crippen LogP contribution in [0.25, 0.3) is 0 Å². The second-order valence-electron chi connectivity index (χ2n) is 3.18. The second kappa shape index (κ2) is 5.45. The molecule has 0 aliphatic carbocycles. The Labute approximate surface area is 97.0 Å². The normalized spacial score (nSPS) is 13.8. The van der Waals surface area contributed by atoms with Crippen LogP contribution in [0.2, 0.25) is 0 Å². The maximum absolute atomic E-state index is 10.4. The Kier molecular flexibility index (Phi) is 4.23. The van der Waals surface area contributed by atoms with E-state index in [1.807, 2.05) is 6.07 Å². The molecule has 84 valence electrons. The molecule has 5 nitrogen and oxygen atoms in total. The summed E-state index contributed by atoms with van der Waals surface area (Å²) in [5.74, 6) is -0.711. The first-order chi connectivity index (χ1) is 7.60. The molecule has 0 aromatic heterocycles. The van der Waals surface area contributed by atoms with Crippen LogP contribution in [0.15, 0.2) is 24.3 Å². The fourth-order valence-electron chi connectivity index (χ4n) is 1.22. The number of hydrogen-bond acceptors (Lipinski definition) is 4. The first-order valence-corrected chi connectivity index (χ1v) is 5.01. The SMILES string of the molecule is N#C[C@@H](CCl)[C@H](O)c1ccc([N+](=O)[O-])cc1. The van der Waals surface area contributed by atoms with Gasteiger partial charge in [-0.25, -0.2) is 0 Å². The number of alkyl halides is 1. The summed E-state index contributed by atoms with van der Waals surface area (Å²) in [6.07, 6.45) is -1.02. The summed E-state index contributed by atoms with van der Waals surface area (Å²) in [6, 6.07) is 7.26. The van der Waals surface area contributed by atoms with Gasteiger partial charge >= 0.3 is 0 Å². The molecule has 2 atom stereocenters. The van der Waals surface area contributed by atoms with E-state index in [2.05, 4.69) is 0 Å². The van der Waals surface area contributed by atoms with Crippen LogP contribution in [0.1, 0.15) is 11.7 Å². The number of nitriles is 1. The number of halogens is 1. The lowest BCUT2D eigenvalue weighted by atomic mass is 9.98. The minimum atomic E-state index is -1.02. The summed E-state index contributed by atoms with van der Waals surface area (Å²) in [6.45, 7) is 0. The third-order valence-electron chi connectivity index (χ3n) is 2.16. The quantitative estimate of drug-likeness (QED) is 0.495. The predicted molar refractivity (Wildman–Crippen MR) is 57.9 cm³/mol. The first kappa shape index (κ1) is 12.4. The van der Waals surface area contributed by atoms with E-state index in [-0.39, 0.29) is 11.6 Å². The van der Waals surface area contributed by atoms with Crippen LogP contribution >= 0.6 is 11.6 Å². The van der Waals surface area contributed by atoms with Crippen LogP contribution < -0.4 is 0 Å². The Balaban J connectivity index is 2.90. The lowest BCUT2D eigenvalue weighted by Gasteiger charge is -2.13. The molecule has 0 bridgehead atoms. The number of nitro groups is 1. The zero-order valence-corrected chi connectivity index (χ0v) is 8.96. The summed E-state index contributed by atoms with van der Waals surface area (Å²) < 4.78 is 0. The van der Waals surface area contributed by atoms with E-state index >= 15 is 0 Å². The van der Waals surface area contributed by atoms with E-state index in [1.54, 1.807) is 0 Å². The van der Waals surface area contributed by atoms with Crippen molar-refractivity contribution in [2.45, 2.75) is 6.10 Å². The van der Waals surface area contributed by atoms with Gasteiger partial charge in [0.1, 0.15) is 0 Å². The monoisotopic (exact) mass is 240 g/mol. The fraction of sp³-hybridized carbons (Fsp3) is 0.300. The Bertz CT molecular complexity index is 413. The van der Waals surface area contributed by atoms with Gasteiger partial charge in [-0.05, 0) is 17.7 Å². The fourth-order valence-corrected chi connectivity index (χ4v) is 1.45. The van der Waals surface area contributed by atoms with Crippen LogP contribution in [0.4, 0.5) is 5.69 Å². The molecule has 0 unspecified atom stereocenters.